The smallest absolute Gasteiger partial charge is 0.118 e. The Morgan fingerprint density at radius 1 is 1.41 bits per heavy atom. The molecule has 1 aromatic carbocycles. The minimum atomic E-state index is -0.508. The molecule has 2 N–H and O–H groups in total. The molecule has 0 aromatic heterocycles. The predicted molar refractivity (Wildman–Crippen MR) is 65.0 cm³/mol. The highest BCUT2D eigenvalue weighted by molar-refractivity contribution is 5.28. The molecule has 2 unspecified atom stereocenters. The Kier molecular flexibility index (Phi) is 3.99. The third-order valence-corrected chi connectivity index (χ3v) is 3.18. The highest BCUT2D eigenvalue weighted by Gasteiger charge is 2.22. The van der Waals surface area contributed by atoms with Crippen LogP contribution in [-0.2, 0) is 0 Å². The molecule has 0 amide bonds. The summed E-state index contributed by atoms with van der Waals surface area (Å²) < 4.78 is 5.07. The molecule has 17 heavy (non-hydrogen) atoms. The van der Waals surface area contributed by atoms with Crippen molar-refractivity contribution < 1.29 is 14.9 Å². The molecule has 2 atom stereocenters. The van der Waals surface area contributed by atoms with Gasteiger partial charge >= 0.3 is 0 Å². The van der Waals surface area contributed by atoms with Crippen LogP contribution in [0.4, 0.5) is 0 Å². The van der Waals surface area contributed by atoms with Crippen molar-refractivity contribution in [2.45, 2.75) is 18.6 Å². The quantitative estimate of drug-likeness (QED) is 0.813. The molecule has 1 aliphatic heterocycles. The van der Waals surface area contributed by atoms with Crippen LogP contribution in [0, 0.1) is 0 Å². The van der Waals surface area contributed by atoms with E-state index in [1.165, 1.54) is 0 Å². The molecule has 0 aliphatic carbocycles. The van der Waals surface area contributed by atoms with Crippen molar-refractivity contribution in [2.24, 2.45) is 0 Å². The topological polar surface area (TPSA) is 52.9 Å². The molecule has 0 spiro atoms. The minimum Gasteiger partial charge on any atom is -0.497 e. The van der Waals surface area contributed by atoms with Crippen molar-refractivity contribution in [3.05, 3.63) is 29.8 Å². The zero-order valence-corrected chi connectivity index (χ0v) is 10.0. The highest BCUT2D eigenvalue weighted by atomic mass is 16.5. The molecule has 2 rings (SSSR count). The minimum absolute atomic E-state index is 0.238. The van der Waals surface area contributed by atoms with E-state index in [-0.39, 0.29) is 6.10 Å². The summed E-state index contributed by atoms with van der Waals surface area (Å²) in [7, 11) is 1.62. The molecule has 1 aliphatic rings. The second-order valence-corrected chi connectivity index (χ2v) is 4.49. The van der Waals surface area contributed by atoms with Gasteiger partial charge in [-0.3, -0.25) is 4.90 Å². The summed E-state index contributed by atoms with van der Waals surface area (Å²) in [6.45, 7) is 2.09. The van der Waals surface area contributed by atoms with Crippen LogP contribution in [0.2, 0.25) is 0 Å². The molecular formula is C13H19NO3. The van der Waals surface area contributed by atoms with E-state index in [4.69, 9.17) is 4.74 Å². The monoisotopic (exact) mass is 237 g/mol. The third-order valence-electron chi connectivity index (χ3n) is 3.18. The van der Waals surface area contributed by atoms with Crippen molar-refractivity contribution in [3.63, 3.8) is 0 Å². The maximum Gasteiger partial charge on any atom is 0.118 e. The number of hydrogen-bond acceptors (Lipinski definition) is 4. The van der Waals surface area contributed by atoms with E-state index in [1.54, 1.807) is 7.11 Å². The summed E-state index contributed by atoms with van der Waals surface area (Å²) in [6.07, 6.45) is 0.0549. The van der Waals surface area contributed by atoms with Gasteiger partial charge in [-0.15, -0.1) is 0 Å². The first-order chi connectivity index (χ1) is 8.19. The standard InChI is InChI=1S/C13H19NO3/c1-17-12-4-2-10(3-5-12)13(16)9-14-7-6-11(15)8-14/h2-5,11,13,15-16H,6-9H2,1H3. The lowest BCUT2D eigenvalue weighted by Gasteiger charge is -2.19. The van der Waals surface area contributed by atoms with Gasteiger partial charge in [0.05, 0.1) is 19.3 Å². The normalized spacial score (nSPS) is 22.6. The molecule has 1 aromatic rings. The molecule has 1 saturated heterocycles. The van der Waals surface area contributed by atoms with E-state index in [0.29, 0.717) is 13.1 Å². The molecule has 1 fully saturated rings. The van der Waals surface area contributed by atoms with Gasteiger partial charge in [0, 0.05) is 19.6 Å². The average molecular weight is 237 g/mol. The van der Waals surface area contributed by atoms with Crippen LogP contribution in [0.1, 0.15) is 18.1 Å². The lowest BCUT2D eigenvalue weighted by atomic mass is 10.1. The van der Waals surface area contributed by atoms with Gasteiger partial charge in [0.15, 0.2) is 0 Å². The molecule has 0 saturated carbocycles. The summed E-state index contributed by atoms with van der Waals surface area (Å²) in [5.41, 5.74) is 0.882. The van der Waals surface area contributed by atoms with Crippen molar-refractivity contribution >= 4 is 0 Å². The number of benzene rings is 1. The Balaban J connectivity index is 1.92. The second kappa shape index (κ2) is 5.49. The first kappa shape index (κ1) is 12.4. The fourth-order valence-electron chi connectivity index (χ4n) is 2.15. The van der Waals surface area contributed by atoms with E-state index in [9.17, 15) is 10.2 Å². The molecule has 0 radical (unpaired) electrons. The fraction of sp³-hybridized carbons (Fsp3) is 0.538. The summed E-state index contributed by atoms with van der Waals surface area (Å²) in [6, 6.07) is 7.43. The number of hydrogen-bond donors (Lipinski definition) is 2. The van der Waals surface area contributed by atoms with Crippen molar-refractivity contribution in [2.75, 3.05) is 26.7 Å². The number of nitrogens with zero attached hydrogens (tertiary/aromatic N) is 1. The Labute approximate surface area is 101 Å². The first-order valence-electron chi connectivity index (χ1n) is 5.91. The number of rotatable bonds is 4. The van der Waals surface area contributed by atoms with Gasteiger partial charge in [0.1, 0.15) is 5.75 Å². The van der Waals surface area contributed by atoms with Crippen molar-refractivity contribution in [1.82, 2.24) is 4.90 Å². The van der Waals surface area contributed by atoms with Gasteiger partial charge in [-0.2, -0.15) is 0 Å². The summed E-state index contributed by atoms with van der Waals surface area (Å²) in [5.74, 6) is 0.789. The van der Waals surface area contributed by atoms with E-state index in [2.05, 4.69) is 4.90 Å². The third kappa shape index (κ3) is 3.19. The number of aliphatic hydroxyl groups is 2. The Morgan fingerprint density at radius 2 is 2.12 bits per heavy atom. The van der Waals surface area contributed by atoms with Gasteiger partial charge < -0.3 is 14.9 Å². The summed E-state index contributed by atoms with van der Waals surface area (Å²) in [4.78, 5) is 2.08. The van der Waals surface area contributed by atoms with E-state index >= 15 is 0 Å². The summed E-state index contributed by atoms with van der Waals surface area (Å²) in [5, 5.41) is 19.5. The molecule has 4 heteroatoms. The maximum absolute atomic E-state index is 10.1. The second-order valence-electron chi connectivity index (χ2n) is 4.49. The van der Waals surface area contributed by atoms with Gasteiger partial charge in [-0.05, 0) is 24.1 Å². The number of methoxy groups -OCH3 is 1. The van der Waals surface area contributed by atoms with Crippen LogP contribution in [0.5, 0.6) is 5.75 Å². The number of likely N-dealkylation sites (tertiary alicyclic amines) is 1. The van der Waals surface area contributed by atoms with E-state index in [1.807, 2.05) is 24.3 Å². The van der Waals surface area contributed by atoms with E-state index < -0.39 is 6.10 Å². The number of ether oxygens (including phenoxy) is 1. The van der Waals surface area contributed by atoms with Gasteiger partial charge in [-0.25, -0.2) is 0 Å². The zero-order valence-electron chi connectivity index (χ0n) is 10.0. The van der Waals surface area contributed by atoms with E-state index in [0.717, 1.165) is 24.3 Å². The van der Waals surface area contributed by atoms with Crippen molar-refractivity contribution in [3.8, 4) is 5.75 Å². The van der Waals surface area contributed by atoms with Crippen LogP contribution < -0.4 is 4.74 Å². The molecule has 4 nitrogen and oxygen atoms in total. The summed E-state index contributed by atoms with van der Waals surface area (Å²) >= 11 is 0. The SMILES string of the molecule is COc1ccc(C(O)CN2CCC(O)C2)cc1. The zero-order chi connectivity index (χ0) is 12.3. The largest absolute Gasteiger partial charge is 0.497 e. The average Bonchev–Trinajstić information content (AvgIpc) is 2.75. The Morgan fingerprint density at radius 3 is 2.65 bits per heavy atom. The number of β-amino-alcohol motifs (C(OH)–C–C–N with tert-alkyl or cyclic N) is 2. The Bertz CT molecular complexity index is 352. The van der Waals surface area contributed by atoms with Crippen LogP contribution in [-0.4, -0.2) is 48.0 Å². The van der Waals surface area contributed by atoms with Gasteiger partial charge in [0.25, 0.3) is 0 Å². The molecular weight excluding hydrogens is 218 g/mol. The lowest BCUT2D eigenvalue weighted by Crippen LogP contribution is -2.27. The van der Waals surface area contributed by atoms with Crippen LogP contribution in [0.3, 0.4) is 0 Å². The van der Waals surface area contributed by atoms with Crippen LogP contribution in [0.15, 0.2) is 24.3 Å². The maximum atomic E-state index is 10.1. The molecule has 0 bridgehead atoms. The Hall–Kier alpha value is -1.10. The van der Waals surface area contributed by atoms with Crippen LogP contribution >= 0.6 is 0 Å². The fourth-order valence-corrected chi connectivity index (χ4v) is 2.15. The highest BCUT2D eigenvalue weighted by Crippen LogP contribution is 2.20. The van der Waals surface area contributed by atoms with Crippen LogP contribution in [0.25, 0.3) is 0 Å². The predicted octanol–water partition coefficient (Wildman–Crippen LogP) is 0.795. The molecule has 1 heterocycles. The first-order valence-corrected chi connectivity index (χ1v) is 5.91. The lowest BCUT2D eigenvalue weighted by molar-refractivity contribution is 0.113. The van der Waals surface area contributed by atoms with Crippen molar-refractivity contribution in [1.29, 1.82) is 0 Å². The number of aliphatic hydroxyl groups excluding tert-OH is 2. The van der Waals surface area contributed by atoms with Gasteiger partial charge in [0.2, 0.25) is 0 Å². The van der Waals surface area contributed by atoms with Gasteiger partial charge in [-0.1, -0.05) is 12.1 Å². The molecule has 94 valence electrons.